The van der Waals surface area contributed by atoms with Crippen LogP contribution in [0.3, 0.4) is 0 Å². The van der Waals surface area contributed by atoms with Crippen molar-refractivity contribution in [3.63, 3.8) is 0 Å². The number of halogens is 1. The first kappa shape index (κ1) is 9.52. The van der Waals surface area contributed by atoms with E-state index in [1.807, 2.05) is 18.2 Å². The minimum Gasteiger partial charge on any atom is -0.391 e. The van der Waals surface area contributed by atoms with Crippen LogP contribution in [0.2, 0.25) is 5.02 Å². The summed E-state index contributed by atoms with van der Waals surface area (Å²) in [6, 6.07) is 7.45. The number of benzene rings is 1. The average Bonchev–Trinajstić information content (AvgIpc) is 2.09. The third-order valence-corrected chi connectivity index (χ3v) is 2.05. The van der Waals surface area contributed by atoms with Crippen molar-refractivity contribution in [2.45, 2.75) is 12.5 Å². The van der Waals surface area contributed by atoms with Crippen molar-refractivity contribution in [2.75, 3.05) is 6.54 Å². The van der Waals surface area contributed by atoms with Crippen LogP contribution in [0.1, 0.15) is 5.56 Å². The predicted octanol–water partition coefficient (Wildman–Crippen LogP) is 1.20. The summed E-state index contributed by atoms with van der Waals surface area (Å²) >= 11 is 5.87. The standard InChI is InChI=1S/C9H12ClNO/c10-9-4-2-1-3-7(9)5-8(12)6-11/h1-4,8,12H,5-6,11H2/t8-/m0/s1. The van der Waals surface area contributed by atoms with Gasteiger partial charge in [-0.25, -0.2) is 0 Å². The van der Waals surface area contributed by atoms with E-state index >= 15 is 0 Å². The van der Waals surface area contributed by atoms with Crippen LogP contribution < -0.4 is 5.73 Å². The molecule has 12 heavy (non-hydrogen) atoms. The molecule has 1 aromatic carbocycles. The Bertz CT molecular complexity index is 252. The Morgan fingerprint density at radius 1 is 1.42 bits per heavy atom. The molecule has 0 heterocycles. The Morgan fingerprint density at radius 3 is 2.67 bits per heavy atom. The maximum atomic E-state index is 9.25. The highest BCUT2D eigenvalue weighted by atomic mass is 35.5. The lowest BCUT2D eigenvalue weighted by Crippen LogP contribution is -2.22. The van der Waals surface area contributed by atoms with E-state index in [9.17, 15) is 5.11 Å². The van der Waals surface area contributed by atoms with Crippen molar-refractivity contribution in [1.29, 1.82) is 0 Å². The van der Waals surface area contributed by atoms with Crippen molar-refractivity contribution >= 4 is 11.6 Å². The summed E-state index contributed by atoms with van der Waals surface area (Å²) in [6.07, 6.45) is 0.0285. The lowest BCUT2D eigenvalue weighted by atomic mass is 10.1. The van der Waals surface area contributed by atoms with Gasteiger partial charge in [-0.2, -0.15) is 0 Å². The van der Waals surface area contributed by atoms with Crippen LogP contribution in [0.4, 0.5) is 0 Å². The number of aliphatic hydroxyl groups excluding tert-OH is 1. The van der Waals surface area contributed by atoms with E-state index < -0.39 is 6.10 Å². The molecule has 0 fully saturated rings. The first-order valence-electron chi connectivity index (χ1n) is 3.85. The van der Waals surface area contributed by atoms with Gasteiger partial charge in [-0.05, 0) is 11.6 Å². The molecule has 0 saturated carbocycles. The maximum absolute atomic E-state index is 9.25. The van der Waals surface area contributed by atoms with Crippen LogP contribution in [-0.2, 0) is 6.42 Å². The van der Waals surface area contributed by atoms with E-state index in [2.05, 4.69) is 0 Å². The first-order chi connectivity index (χ1) is 5.74. The maximum Gasteiger partial charge on any atom is 0.0703 e. The van der Waals surface area contributed by atoms with Gasteiger partial charge in [0.1, 0.15) is 0 Å². The second-order valence-corrected chi connectivity index (χ2v) is 3.09. The van der Waals surface area contributed by atoms with Crippen molar-refractivity contribution < 1.29 is 5.11 Å². The molecule has 1 atom stereocenters. The molecular weight excluding hydrogens is 174 g/mol. The highest BCUT2D eigenvalue weighted by Gasteiger charge is 2.05. The number of nitrogens with two attached hydrogens (primary N) is 1. The molecule has 3 N–H and O–H groups in total. The lowest BCUT2D eigenvalue weighted by molar-refractivity contribution is 0.183. The molecule has 1 aromatic rings. The van der Waals surface area contributed by atoms with E-state index in [1.54, 1.807) is 6.07 Å². The quantitative estimate of drug-likeness (QED) is 0.744. The molecule has 0 aliphatic carbocycles. The fourth-order valence-corrected chi connectivity index (χ4v) is 1.21. The molecule has 0 spiro atoms. The van der Waals surface area contributed by atoms with Crippen LogP contribution in [0, 0.1) is 0 Å². The third kappa shape index (κ3) is 2.48. The fraction of sp³-hybridized carbons (Fsp3) is 0.333. The van der Waals surface area contributed by atoms with Gasteiger partial charge in [0.25, 0.3) is 0 Å². The Labute approximate surface area is 77.0 Å². The SMILES string of the molecule is NC[C@@H](O)Cc1ccccc1Cl. The van der Waals surface area contributed by atoms with Crippen LogP contribution >= 0.6 is 11.6 Å². The Kier molecular flexibility index (Phi) is 3.53. The number of hydrogen-bond donors (Lipinski definition) is 2. The van der Waals surface area contributed by atoms with E-state index in [4.69, 9.17) is 17.3 Å². The minimum atomic E-state index is -0.495. The minimum absolute atomic E-state index is 0.269. The number of hydrogen-bond acceptors (Lipinski definition) is 2. The van der Waals surface area contributed by atoms with Gasteiger partial charge in [0, 0.05) is 18.0 Å². The molecule has 0 unspecified atom stereocenters. The van der Waals surface area contributed by atoms with Gasteiger partial charge in [-0.15, -0.1) is 0 Å². The Hall–Kier alpha value is -0.570. The molecule has 2 nitrogen and oxygen atoms in total. The predicted molar refractivity (Wildman–Crippen MR) is 50.2 cm³/mol. The second kappa shape index (κ2) is 4.45. The largest absolute Gasteiger partial charge is 0.391 e. The molecule has 1 rings (SSSR count). The fourth-order valence-electron chi connectivity index (χ4n) is 1.00. The van der Waals surface area contributed by atoms with Gasteiger partial charge >= 0.3 is 0 Å². The topological polar surface area (TPSA) is 46.2 Å². The molecule has 66 valence electrons. The summed E-state index contributed by atoms with van der Waals surface area (Å²) in [5.41, 5.74) is 6.22. The molecule has 0 aromatic heterocycles. The first-order valence-corrected chi connectivity index (χ1v) is 4.23. The normalized spacial score (nSPS) is 12.9. The van der Waals surface area contributed by atoms with Crippen molar-refractivity contribution in [3.05, 3.63) is 34.9 Å². The van der Waals surface area contributed by atoms with Crippen LogP contribution in [0.15, 0.2) is 24.3 Å². The molecule has 0 bridgehead atoms. The number of aliphatic hydroxyl groups is 1. The van der Waals surface area contributed by atoms with Gasteiger partial charge in [0.05, 0.1) is 6.10 Å². The van der Waals surface area contributed by atoms with E-state index in [1.165, 1.54) is 0 Å². The van der Waals surface area contributed by atoms with Crippen LogP contribution in [0.25, 0.3) is 0 Å². The van der Waals surface area contributed by atoms with Gasteiger partial charge in [0.2, 0.25) is 0 Å². The molecule has 0 amide bonds. The summed E-state index contributed by atoms with van der Waals surface area (Å²) in [7, 11) is 0. The van der Waals surface area contributed by atoms with E-state index in [0.717, 1.165) is 5.56 Å². The molecule has 0 aliphatic heterocycles. The van der Waals surface area contributed by atoms with Crippen molar-refractivity contribution in [1.82, 2.24) is 0 Å². The van der Waals surface area contributed by atoms with E-state index in [0.29, 0.717) is 11.4 Å². The lowest BCUT2D eigenvalue weighted by Gasteiger charge is -2.08. The van der Waals surface area contributed by atoms with Gasteiger partial charge in [0.15, 0.2) is 0 Å². The van der Waals surface area contributed by atoms with Crippen LogP contribution in [-0.4, -0.2) is 17.8 Å². The van der Waals surface area contributed by atoms with Crippen molar-refractivity contribution in [2.24, 2.45) is 5.73 Å². The molecule has 0 radical (unpaired) electrons. The monoisotopic (exact) mass is 185 g/mol. The average molecular weight is 186 g/mol. The summed E-state index contributed by atoms with van der Waals surface area (Å²) in [6.45, 7) is 0.269. The zero-order chi connectivity index (χ0) is 8.97. The molecule has 0 saturated heterocycles. The smallest absolute Gasteiger partial charge is 0.0703 e. The zero-order valence-corrected chi connectivity index (χ0v) is 7.46. The Morgan fingerprint density at radius 2 is 2.08 bits per heavy atom. The molecule has 3 heteroatoms. The summed E-state index contributed by atoms with van der Waals surface area (Å²) in [4.78, 5) is 0. The van der Waals surface area contributed by atoms with E-state index in [-0.39, 0.29) is 6.54 Å². The molecular formula is C9H12ClNO. The number of rotatable bonds is 3. The van der Waals surface area contributed by atoms with Crippen LogP contribution in [0.5, 0.6) is 0 Å². The molecule has 0 aliphatic rings. The third-order valence-electron chi connectivity index (χ3n) is 1.69. The van der Waals surface area contributed by atoms with Gasteiger partial charge < -0.3 is 10.8 Å². The highest BCUT2D eigenvalue weighted by Crippen LogP contribution is 2.16. The highest BCUT2D eigenvalue weighted by molar-refractivity contribution is 6.31. The summed E-state index contributed by atoms with van der Waals surface area (Å²) in [5, 5.41) is 9.94. The summed E-state index contributed by atoms with van der Waals surface area (Å²) < 4.78 is 0. The van der Waals surface area contributed by atoms with Gasteiger partial charge in [-0.3, -0.25) is 0 Å². The zero-order valence-electron chi connectivity index (χ0n) is 6.70. The van der Waals surface area contributed by atoms with Gasteiger partial charge in [-0.1, -0.05) is 29.8 Å². The van der Waals surface area contributed by atoms with Crippen molar-refractivity contribution in [3.8, 4) is 0 Å². The summed E-state index contributed by atoms with van der Waals surface area (Å²) in [5.74, 6) is 0. The second-order valence-electron chi connectivity index (χ2n) is 2.69. The Balaban J connectivity index is 2.69.